The van der Waals surface area contributed by atoms with E-state index in [4.69, 9.17) is 0 Å². The Morgan fingerprint density at radius 1 is 1.47 bits per heavy atom. The molecular formula is C13H18N2OS. The molecule has 1 N–H and O–H groups in total. The maximum absolute atomic E-state index is 10.2. The molecule has 2 heterocycles. The Morgan fingerprint density at radius 2 is 2.24 bits per heavy atom. The van der Waals surface area contributed by atoms with E-state index in [1.165, 1.54) is 10.4 Å². The second-order valence-electron chi connectivity index (χ2n) is 4.31. The van der Waals surface area contributed by atoms with Gasteiger partial charge in [0.25, 0.3) is 0 Å². The number of thiophene rings is 1. The van der Waals surface area contributed by atoms with Crippen molar-refractivity contribution in [2.45, 2.75) is 39.8 Å². The Hall–Kier alpha value is -1.13. The van der Waals surface area contributed by atoms with Gasteiger partial charge in [-0.2, -0.15) is 5.10 Å². The molecule has 0 saturated heterocycles. The molecule has 2 aromatic rings. The maximum Gasteiger partial charge on any atom is 0.0923 e. The molecule has 0 fully saturated rings. The van der Waals surface area contributed by atoms with Gasteiger partial charge >= 0.3 is 0 Å². The minimum atomic E-state index is -0.415. The van der Waals surface area contributed by atoms with Crippen LogP contribution in [0.1, 0.15) is 33.9 Å². The predicted molar refractivity (Wildman–Crippen MR) is 70.4 cm³/mol. The summed E-state index contributed by atoms with van der Waals surface area (Å²) in [6.07, 6.45) is 4.05. The van der Waals surface area contributed by atoms with Crippen LogP contribution in [0.2, 0.25) is 0 Å². The Kier molecular flexibility index (Phi) is 3.64. The number of nitrogens with zero attached hydrogens (tertiary/aromatic N) is 2. The maximum atomic E-state index is 10.2. The summed E-state index contributed by atoms with van der Waals surface area (Å²) < 4.78 is 1.88. The topological polar surface area (TPSA) is 38.0 Å². The van der Waals surface area contributed by atoms with Crippen molar-refractivity contribution in [3.63, 3.8) is 0 Å². The average molecular weight is 250 g/mol. The lowest BCUT2D eigenvalue weighted by atomic mass is 10.1. The van der Waals surface area contributed by atoms with Crippen LogP contribution in [-0.4, -0.2) is 14.9 Å². The number of rotatable bonds is 4. The number of aryl methyl sites for hydroxylation is 3. The molecule has 92 valence electrons. The SMILES string of the molecule is CCn1cc(CC(O)c2cc(C)c(C)s2)cn1. The molecule has 0 aliphatic heterocycles. The first-order valence-electron chi connectivity index (χ1n) is 5.86. The number of aliphatic hydroxyl groups excluding tert-OH is 1. The van der Waals surface area contributed by atoms with E-state index in [-0.39, 0.29) is 0 Å². The molecule has 1 atom stereocenters. The highest BCUT2D eigenvalue weighted by atomic mass is 32.1. The van der Waals surface area contributed by atoms with E-state index < -0.39 is 6.10 Å². The van der Waals surface area contributed by atoms with Gasteiger partial charge < -0.3 is 5.11 Å². The van der Waals surface area contributed by atoms with Crippen LogP contribution in [0.4, 0.5) is 0 Å². The number of hydrogen-bond donors (Lipinski definition) is 1. The zero-order chi connectivity index (χ0) is 12.4. The van der Waals surface area contributed by atoms with E-state index >= 15 is 0 Å². The van der Waals surface area contributed by atoms with Gasteiger partial charge in [-0.15, -0.1) is 11.3 Å². The fourth-order valence-corrected chi connectivity index (χ4v) is 2.80. The molecule has 0 spiro atoms. The highest BCUT2D eigenvalue weighted by molar-refractivity contribution is 7.12. The molecule has 0 amide bonds. The van der Waals surface area contributed by atoms with Crippen LogP contribution >= 0.6 is 11.3 Å². The molecule has 0 saturated carbocycles. The molecule has 2 rings (SSSR count). The number of aromatic nitrogens is 2. The highest BCUT2D eigenvalue weighted by Crippen LogP contribution is 2.28. The standard InChI is InChI=1S/C13H18N2OS/c1-4-15-8-11(7-14-15)6-12(16)13-5-9(2)10(3)17-13/h5,7-8,12,16H,4,6H2,1-3H3. The third kappa shape index (κ3) is 2.76. The van der Waals surface area contributed by atoms with Crippen molar-refractivity contribution in [1.82, 2.24) is 9.78 Å². The van der Waals surface area contributed by atoms with Gasteiger partial charge in [0.05, 0.1) is 12.3 Å². The zero-order valence-electron chi connectivity index (χ0n) is 10.5. The van der Waals surface area contributed by atoms with Crippen molar-refractivity contribution in [2.75, 3.05) is 0 Å². The minimum Gasteiger partial charge on any atom is -0.387 e. The summed E-state index contributed by atoms with van der Waals surface area (Å²) in [6.45, 7) is 7.09. The Morgan fingerprint density at radius 3 is 2.76 bits per heavy atom. The van der Waals surface area contributed by atoms with Gasteiger partial charge in [-0.25, -0.2) is 0 Å². The molecule has 4 heteroatoms. The minimum absolute atomic E-state index is 0.415. The van der Waals surface area contributed by atoms with Gasteiger partial charge in [-0.1, -0.05) is 0 Å². The second-order valence-corrected chi connectivity index (χ2v) is 5.60. The van der Waals surface area contributed by atoms with E-state index in [1.54, 1.807) is 11.3 Å². The van der Waals surface area contributed by atoms with Gasteiger partial charge in [-0.3, -0.25) is 4.68 Å². The molecule has 3 nitrogen and oxygen atoms in total. The van der Waals surface area contributed by atoms with E-state index in [0.717, 1.165) is 17.0 Å². The van der Waals surface area contributed by atoms with Crippen LogP contribution < -0.4 is 0 Å². The molecule has 1 unspecified atom stereocenters. The van der Waals surface area contributed by atoms with Crippen molar-refractivity contribution in [2.24, 2.45) is 0 Å². The van der Waals surface area contributed by atoms with Crippen LogP contribution in [0.15, 0.2) is 18.5 Å². The average Bonchev–Trinajstić information content (AvgIpc) is 2.87. The summed E-state index contributed by atoms with van der Waals surface area (Å²) in [6, 6.07) is 2.08. The van der Waals surface area contributed by atoms with Crippen LogP contribution in [-0.2, 0) is 13.0 Å². The summed E-state index contributed by atoms with van der Waals surface area (Å²) in [5.41, 5.74) is 2.34. The molecule has 17 heavy (non-hydrogen) atoms. The van der Waals surface area contributed by atoms with E-state index in [9.17, 15) is 5.11 Å². The Bertz CT molecular complexity index is 482. The summed E-state index contributed by atoms with van der Waals surface area (Å²) in [5, 5.41) is 14.4. The molecule has 0 aliphatic rings. The van der Waals surface area contributed by atoms with Crippen molar-refractivity contribution >= 4 is 11.3 Å². The monoisotopic (exact) mass is 250 g/mol. The smallest absolute Gasteiger partial charge is 0.0923 e. The van der Waals surface area contributed by atoms with Gasteiger partial charge in [0.1, 0.15) is 0 Å². The number of aliphatic hydroxyl groups is 1. The molecule has 0 bridgehead atoms. The quantitative estimate of drug-likeness (QED) is 0.906. The lowest BCUT2D eigenvalue weighted by molar-refractivity contribution is 0.182. The van der Waals surface area contributed by atoms with E-state index in [2.05, 4.69) is 31.9 Å². The fraction of sp³-hybridized carbons (Fsp3) is 0.462. The highest BCUT2D eigenvalue weighted by Gasteiger charge is 2.13. The van der Waals surface area contributed by atoms with Crippen LogP contribution in [0.3, 0.4) is 0 Å². The Labute approximate surface area is 106 Å². The van der Waals surface area contributed by atoms with Crippen molar-refractivity contribution in [1.29, 1.82) is 0 Å². The molecule has 0 aromatic carbocycles. The molecule has 0 aliphatic carbocycles. The first-order chi connectivity index (χ1) is 8.10. The Balaban J connectivity index is 2.08. The lowest BCUT2D eigenvalue weighted by Gasteiger charge is -2.05. The predicted octanol–water partition coefficient (Wildman–Crippen LogP) is 2.86. The molecular weight excluding hydrogens is 232 g/mol. The van der Waals surface area contributed by atoms with Gasteiger partial charge in [0.15, 0.2) is 0 Å². The normalized spacial score (nSPS) is 12.9. The van der Waals surface area contributed by atoms with Crippen LogP contribution in [0.5, 0.6) is 0 Å². The largest absolute Gasteiger partial charge is 0.387 e. The summed E-state index contributed by atoms with van der Waals surface area (Å²) in [4.78, 5) is 2.33. The van der Waals surface area contributed by atoms with E-state index in [0.29, 0.717) is 6.42 Å². The van der Waals surface area contributed by atoms with Gasteiger partial charge in [0.2, 0.25) is 0 Å². The van der Waals surface area contributed by atoms with E-state index in [1.807, 2.05) is 17.1 Å². The molecule has 2 aromatic heterocycles. The van der Waals surface area contributed by atoms with Crippen LogP contribution in [0.25, 0.3) is 0 Å². The van der Waals surface area contributed by atoms with Crippen molar-refractivity contribution < 1.29 is 5.11 Å². The molecule has 0 radical (unpaired) electrons. The number of hydrogen-bond acceptors (Lipinski definition) is 3. The van der Waals surface area contributed by atoms with Crippen molar-refractivity contribution in [3.05, 3.63) is 39.3 Å². The first kappa shape index (κ1) is 12.3. The summed E-state index contributed by atoms with van der Waals surface area (Å²) >= 11 is 1.68. The third-order valence-corrected chi connectivity index (χ3v) is 4.21. The fourth-order valence-electron chi connectivity index (χ4n) is 1.77. The zero-order valence-corrected chi connectivity index (χ0v) is 11.3. The van der Waals surface area contributed by atoms with Crippen molar-refractivity contribution in [3.8, 4) is 0 Å². The van der Waals surface area contributed by atoms with Gasteiger partial charge in [-0.05, 0) is 38.0 Å². The summed E-state index contributed by atoms with van der Waals surface area (Å²) in [5.74, 6) is 0. The third-order valence-electron chi connectivity index (χ3n) is 2.95. The van der Waals surface area contributed by atoms with Crippen LogP contribution in [0, 0.1) is 13.8 Å². The van der Waals surface area contributed by atoms with Gasteiger partial charge in [0, 0.05) is 28.9 Å². The first-order valence-corrected chi connectivity index (χ1v) is 6.68. The summed E-state index contributed by atoms with van der Waals surface area (Å²) in [7, 11) is 0. The second kappa shape index (κ2) is 5.02. The lowest BCUT2D eigenvalue weighted by Crippen LogP contribution is -1.99.